The van der Waals surface area contributed by atoms with E-state index >= 15 is 0 Å². The maximum Gasteiger partial charge on any atom is 0.425 e. The number of halogens is 3. The van der Waals surface area contributed by atoms with Crippen molar-refractivity contribution in [3.63, 3.8) is 0 Å². The zero-order valence-corrected chi connectivity index (χ0v) is 17.1. The number of alkyl halides is 3. The van der Waals surface area contributed by atoms with E-state index in [0.29, 0.717) is 11.3 Å². The number of benzene rings is 1. The highest BCUT2D eigenvalue weighted by molar-refractivity contribution is 6.13. The zero-order valence-electron chi connectivity index (χ0n) is 17.1. The highest BCUT2D eigenvalue weighted by atomic mass is 19.4. The topological polar surface area (TPSA) is 75.7 Å². The van der Waals surface area contributed by atoms with Crippen molar-refractivity contribution < 1.29 is 32.3 Å². The monoisotopic (exact) mass is 424 g/mol. The van der Waals surface area contributed by atoms with Crippen molar-refractivity contribution in [3.05, 3.63) is 41.1 Å². The first-order chi connectivity index (χ1) is 13.8. The molecule has 9 heteroatoms. The van der Waals surface area contributed by atoms with Gasteiger partial charge in [-0.1, -0.05) is 26.0 Å². The molecular weight excluding hydrogens is 401 g/mol. The lowest BCUT2D eigenvalue weighted by molar-refractivity contribution is -0.194. The summed E-state index contributed by atoms with van der Waals surface area (Å²) < 4.78 is 48.0. The lowest BCUT2D eigenvalue weighted by atomic mass is 9.72. The van der Waals surface area contributed by atoms with Gasteiger partial charge in [0.25, 0.3) is 5.91 Å². The minimum absolute atomic E-state index is 0.0168. The Morgan fingerprint density at radius 1 is 1.17 bits per heavy atom. The number of carbonyl (C=O) groups excluding carboxylic acids is 3. The second-order valence-corrected chi connectivity index (χ2v) is 8.43. The summed E-state index contributed by atoms with van der Waals surface area (Å²) >= 11 is 0. The Morgan fingerprint density at radius 2 is 1.77 bits per heavy atom. The van der Waals surface area contributed by atoms with Gasteiger partial charge in [-0.2, -0.15) is 13.2 Å². The first kappa shape index (κ1) is 21.9. The van der Waals surface area contributed by atoms with E-state index in [2.05, 4.69) is 0 Å². The SMILES string of the molecule is COc1ccc(CN2C(=O)[C@](NC(C)=O)(C(F)(F)F)C3=C2CC(C)(C)CC3=O)cc1. The van der Waals surface area contributed by atoms with Gasteiger partial charge in [0.2, 0.25) is 11.4 Å². The molecule has 162 valence electrons. The summed E-state index contributed by atoms with van der Waals surface area (Å²) in [6, 6.07) is 6.53. The fourth-order valence-electron chi connectivity index (χ4n) is 4.17. The van der Waals surface area contributed by atoms with Crippen molar-refractivity contribution in [2.75, 3.05) is 7.11 Å². The number of rotatable bonds is 4. The number of nitrogens with zero attached hydrogens (tertiary/aromatic N) is 1. The molecule has 1 heterocycles. The average molecular weight is 424 g/mol. The third-order valence-corrected chi connectivity index (χ3v) is 5.41. The molecule has 6 nitrogen and oxygen atoms in total. The van der Waals surface area contributed by atoms with E-state index in [1.807, 2.05) is 0 Å². The van der Waals surface area contributed by atoms with Gasteiger partial charge in [0.15, 0.2) is 5.78 Å². The van der Waals surface area contributed by atoms with E-state index in [4.69, 9.17) is 4.74 Å². The predicted octanol–water partition coefficient (Wildman–Crippen LogP) is 3.12. The zero-order chi connectivity index (χ0) is 22.5. The number of nitrogens with one attached hydrogen (secondary N) is 1. The smallest absolute Gasteiger partial charge is 0.425 e. The highest BCUT2D eigenvalue weighted by Crippen LogP contribution is 2.52. The van der Waals surface area contributed by atoms with Crippen LogP contribution in [-0.2, 0) is 20.9 Å². The van der Waals surface area contributed by atoms with Crippen molar-refractivity contribution in [2.45, 2.75) is 51.9 Å². The molecule has 3 rings (SSSR count). The largest absolute Gasteiger partial charge is 0.497 e. The van der Waals surface area contributed by atoms with Crippen molar-refractivity contribution in [1.82, 2.24) is 10.2 Å². The molecule has 0 saturated heterocycles. The lowest BCUT2D eigenvalue weighted by Crippen LogP contribution is -2.65. The molecule has 0 spiro atoms. The molecule has 1 N–H and O–H groups in total. The number of hydrogen-bond donors (Lipinski definition) is 1. The van der Waals surface area contributed by atoms with Gasteiger partial charge in [-0.3, -0.25) is 14.4 Å². The van der Waals surface area contributed by atoms with Crippen molar-refractivity contribution in [2.24, 2.45) is 5.41 Å². The van der Waals surface area contributed by atoms with Crippen LogP contribution in [0.2, 0.25) is 0 Å². The number of carbonyl (C=O) groups is 3. The van der Waals surface area contributed by atoms with Crippen LogP contribution in [0.1, 0.15) is 39.2 Å². The molecule has 1 aromatic carbocycles. The molecule has 1 aliphatic heterocycles. The van der Waals surface area contributed by atoms with E-state index in [0.717, 1.165) is 11.8 Å². The summed E-state index contributed by atoms with van der Waals surface area (Å²) in [5.41, 5.74) is -4.07. The minimum Gasteiger partial charge on any atom is -0.497 e. The molecule has 1 aliphatic carbocycles. The normalized spacial score (nSPS) is 23.5. The Hall–Kier alpha value is -2.84. The van der Waals surface area contributed by atoms with Crippen LogP contribution in [0.15, 0.2) is 35.5 Å². The van der Waals surface area contributed by atoms with Gasteiger partial charge in [-0.25, -0.2) is 0 Å². The van der Waals surface area contributed by atoms with Crippen LogP contribution in [0.5, 0.6) is 5.75 Å². The molecule has 0 fully saturated rings. The van der Waals surface area contributed by atoms with Crippen LogP contribution >= 0.6 is 0 Å². The number of allylic oxidation sites excluding steroid dienone is 1. The fraction of sp³-hybridized carbons (Fsp3) is 0.476. The van der Waals surface area contributed by atoms with Crippen molar-refractivity contribution in [3.8, 4) is 5.75 Å². The van der Waals surface area contributed by atoms with E-state index in [1.165, 1.54) is 7.11 Å². The van der Waals surface area contributed by atoms with Crippen molar-refractivity contribution >= 4 is 17.6 Å². The van der Waals surface area contributed by atoms with Crippen molar-refractivity contribution in [1.29, 1.82) is 0 Å². The molecule has 0 saturated carbocycles. The Bertz CT molecular complexity index is 935. The van der Waals surface area contributed by atoms with E-state index in [9.17, 15) is 27.6 Å². The van der Waals surface area contributed by atoms with Gasteiger partial charge in [-0.15, -0.1) is 0 Å². The van der Waals surface area contributed by atoms with Gasteiger partial charge in [0.05, 0.1) is 19.2 Å². The quantitative estimate of drug-likeness (QED) is 0.806. The average Bonchev–Trinajstić information content (AvgIpc) is 2.84. The summed E-state index contributed by atoms with van der Waals surface area (Å²) in [4.78, 5) is 38.8. The van der Waals surface area contributed by atoms with Gasteiger partial charge in [0.1, 0.15) is 5.75 Å². The second-order valence-electron chi connectivity index (χ2n) is 8.43. The van der Waals surface area contributed by atoms with E-state index < -0.39 is 40.3 Å². The first-order valence-corrected chi connectivity index (χ1v) is 9.39. The number of ether oxygens (including phenoxy) is 1. The number of amides is 2. The summed E-state index contributed by atoms with van der Waals surface area (Å²) in [7, 11) is 1.48. The van der Waals surface area contributed by atoms with Crippen LogP contribution < -0.4 is 10.1 Å². The Labute approximate surface area is 172 Å². The fourth-order valence-corrected chi connectivity index (χ4v) is 4.17. The van der Waals surface area contributed by atoms with Crippen LogP contribution in [0.25, 0.3) is 0 Å². The molecule has 0 radical (unpaired) electrons. The lowest BCUT2D eigenvalue weighted by Gasteiger charge is -2.35. The summed E-state index contributed by atoms with van der Waals surface area (Å²) in [6.45, 7) is 4.25. The van der Waals surface area contributed by atoms with E-state index in [1.54, 1.807) is 43.4 Å². The molecule has 0 bridgehead atoms. The van der Waals surface area contributed by atoms with Crippen LogP contribution in [0.3, 0.4) is 0 Å². The second kappa shape index (κ2) is 7.14. The Kier molecular flexibility index (Phi) is 5.20. The van der Waals surface area contributed by atoms with Crippen LogP contribution in [0.4, 0.5) is 13.2 Å². The van der Waals surface area contributed by atoms with Gasteiger partial charge < -0.3 is 15.0 Å². The van der Waals surface area contributed by atoms with Gasteiger partial charge in [-0.05, 0) is 29.5 Å². The van der Waals surface area contributed by atoms with Gasteiger partial charge in [0, 0.05) is 19.0 Å². The first-order valence-electron chi connectivity index (χ1n) is 9.39. The van der Waals surface area contributed by atoms with Crippen LogP contribution in [0, 0.1) is 5.41 Å². The highest BCUT2D eigenvalue weighted by Gasteiger charge is 2.71. The third kappa shape index (κ3) is 3.46. The summed E-state index contributed by atoms with van der Waals surface area (Å²) in [6.07, 6.45) is -5.22. The molecule has 0 unspecified atom stereocenters. The van der Waals surface area contributed by atoms with Crippen LogP contribution in [-0.4, -0.2) is 41.3 Å². The number of methoxy groups -OCH3 is 1. The molecule has 2 amide bonds. The number of hydrogen-bond acceptors (Lipinski definition) is 4. The van der Waals surface area contributed by atoms with E-state index in [-0.39, 0.29) is 25.1 Å². The molecule has 30 heavy (non-hydrogen) atoms. The maximum absolute atomic E-state index is 14.3. The standard InChI is InChI=1S/C21H23F3N2O4/c1-12(27)25-20(21(22,23)24)17-15(9-19(2,3)10-16(17)28)26(18(20)29)11-13-5-7-14(30-4)8-6-13/h5-8H,9-11H2,1-4H3,(H,25,27)/t20-/m0/s1. The predicted molar refractivity (Wildman–Crippen MR) is 101 cm³/mol. The summed E-state index contributed by atoms with van der Waals surface area (Å²) in [5, 5.41) is 1.78. The molecule has 1 aromatic rings. The number of Topliss-reactive ketones (excluding diaryl/α,β-unsaturated/α-hetero) is 1. The number of ketones is 1. The molecule has 0 aromatic heterocycles. The minimum atomic E-state index is -5.18. The Morgan fingerprint density at radius 3 is 2.27 bits per heavy atom. The maximum atomic E-state index is 14.3. The Balaban J connectivity index is 2.16. The third-order valence-electron chi connectivity index (χ3n) is 5.41. The molecular formula is C21H23F3N2O4. The van der Waals surface area contributed by atoms with Gasteiger partial charge >= 0.3 is 6.18 Å². The molecule has 1 atom stereocenters. The molecule has 2 aliphatic rings. The summed E-state index contributed by atoms with van der Waals surface area (Å²) in [5.74, 6) is -2.63.